The van der Waals surface area contributed by atoms with Crippen molar-refractivity contribution in [2.24, 2.45) is 0 Å². The largest absolute Gasteiger partial charge is 0.373 e. The number of aromatic nitrogens is 5. The van der Waals surface area contributed by atoms with Crippen LogP contribution in [0.5, 0.6) is 0 Å². The van der Waals surface area contributed by atoms with E-state index in [0.29, 0.717) is 16.9 Å². The second kappa shape index (κ2) is 6.12. The molecule has 1 aliphatic heterocycles. The molecule has 0 saturated carbocycles. The summed E-state index contributed by atoms with van der Waals surface area (Å²) >= 11 is 0. The van der Waals surface area contributed by atoms with Gasteiger partial charge in [-0.25, -0.2) is 9.97 Å². The number of likely N-dealkylation sites (tertiary alicyclic amines) is 1. The van der Waals surface area contributed by atoms with Crippen molar-refractivity contribution < 1.29 is 4.79 Å². The van der Waals surface area contributed by atoms with Crippen molar-refractivity contribution in [2.45, 2.75) is 25.8 Å². The Morgan fingerprint density at radius 2 is 2.08 bits per heavy atom. The number of nitrogens with zero attached hydrogens (tertiary/aromatic N) is 5. The number of aromatic amines is 1. The van der Waals surface area contributed by atoms with E-state index in [2.05, 4.69) is 30.7 Å². The van der Waals surface area contributed by atoms with Gasteiger partial charge in [-0.05, 0) is 38.0 Å². The van der Waals surface area contributed by atoms with Crippen molar-refractivity contribution in [1.29, 1.82) is 0 Å². The van der Waals surface area contributed by atoms with Gasteiger partial charge in [0.2, 0.25) is 0 Å². The molecule has 4 rings (SSSR count). The van der Waals surface area contributed by atoms with Crippen LogP contribution in [0.3, 0.4) is 0 Å². The van der Waals surface area contributed by atoms with Crippen LogP contribution in [0, 0.1) is 6.92 Å². The molecule has 1 atom stereocenters. The lowest BCUT2D eigenvalue weighted by atomic mass is 10.1. The molecule has 1 saturated heterocycles. The summed E-state index contributed by atoms with van der Waals surface area (Å²) in [6.45, 7) is 2.59. The monoisotopic (exact) mass is 337 g/mol. The highest BCUT2D eigenvalue weighted by Crippen LogP contribution is 2.33. The van der Waals surface area contributed by atoms with Crippen LogP contribution in [0.4, 0.5) is 5.82 Å². The SMILES string of the molecule is CNc1cc([C@@H]2CCCN2C(=O)c2ccc3n[nH]nc3c2)nc(C)n1. The van der Waals surface area contributed by atoms with Crippen molar-refractivity contribution in [2.75, 3.05) is 18.9 Å². The summed E-state index contributed by atoms with van der Waals surface area (Å²) in [5, 5.41) is 13.7. The molecular formula is C17H19N7O. The fourth-order valence-corrected chi connectivity index (χ4v) is 3.35. The van der Waals surface area contributed by atoms with Gasteiger partial charge < -0.3 is 10.2 Å². The van der Waals surface area contributed by atoms with E-state index in [1.807, 2.05) is 31.0 Å². The number of amides is 1. The van der Waals surface area contributed by atoms with E-state index in [-0.39, 0.29) is 11.9 Å². The van der Waals surface area contributed by atoms with Crippen LogP contribution in [0.15, 0.2) is 24.3 Å². The fourth-order valence-electron chi connectivity index (χ4n) is 3.35. The third-order valence-corrected chi connectivity index (χ3v) is 4.53. The molecule has 1 aliphatic rings. The predicted octanol–water partition coefficient (Wildman–Crippen LogP) is 2.08. The number of rotatable bonds is 3. The average molecular weight is 337 g/mol. The molecule has 0 bridgehead atoms. The molecule has 0 spiro atoms. The number of aryl methyl sites for hydroxylation is 1. The van der Waals surface area contributed by atoms with Crippen molar-refractivity contribution >= 4 is 22.8 Å². The first kappa shape index (κ1) is 15.5. The molecule has 3 heterocycles. The summed E-state index contributed by atoms with van der Waals surface area (Å²) in [7, 11) is 1.83. The molecule has 25 heavy (non-hydrogen) atoms. The number of anilines is 1. The summed E-state index contributed by atoms with van der Waals surface area (Å²) in [6, 6.07) is 7.28. The number of fused-ring (bicyclic) bond motifs is 1. The maximum atomic E-state index is 13.0. The van der Waals surface area contributed by atoms with E-state index in [1.54, 1.807) is 12.1 Å². The summed E-state index contributed by atoms with van der Waals surface area (Å²) in [6.07, 6.45) is 1.86. The van der Waals surface area contributed by atoms with Gasteiger partial charge in [-0.2, -0.15) is 15.4 Å². The van der Waals surface area contributed by atoms with Gasteiger partial charge in [-0.3, -0.25) is 4.79 Å². The smallest absolute Gasteiger partial charge is 0.254 e. The van der Waals surface area contributed by atoms with Gasteiger partial charge in [0.15, 0.2) is 0 Å². The lowest BCUT2D eigenvalue weighted by Gasteiger charge is -2.25. The normalized spacial score (nSPS) is 17.2. The molecule has 1 fully saturated rings. The fraction of sp³-hybridized carbons (Fsp3) is 0.353. The highest BCUT2D eigenvalue weighted by Gasteiger charge is 2.32. The number of carbonyl (C=O) groups is 1. The standard InChI is InChI=1S/C17H19N7O/c1-10-19-14(9-16(18-2)20-10)15-4-3-7-24(15)17(25)11-5-6-12-13(8-11)22-23-21-12/h5-6,8-9,15H,3-4,7H2,1-2H3,(H,18,19,20)(H,21,22,23)/t15-/m0/s1. The van der Waals surface area contributed by atoms with Gasteiger partial charge in [0.05, 0.1) is 11.7 Å². The molecule has 1 aromatic carbocycles. The van der Waals surface area contributed by atoms with Crippen LogP contribution >= 0.6 is 0 Å². The van der Waals surface area contributed by atoms with Crippen LogP contribution in [-0.2, 0) is 0 Å². The second-order valence-corrected chi connectivity index (χ2v) is 6.16. The van der Waals surface area contributed by atoms with Gasteiger partial charge in [0, 0.05) is 25.2 Å². The number of H-pyrrole nitrogens is 1. The van der Waals surface area contributed by atoms with E-state index in [1.165, 1.54) is 0 Å². The highest BCUT2D eigenvalue weighted by atomic mass is 16.2. The van der Waals surface area contributed by atoms with E-state index in [9.17, 15) is 4.79 Å². The lowest BCUT2D eigenvalue weighted by Crippen LogP contribution is -2.31. The highest BCUT2D eigenvalue weighted by molar-refractivity contribution is 5.97. The van der Waals surface area contributed by atoms with E-state index >= 15 is 0 Å². The minimum Gasteiger partial charge on any atom is -0.373 e. The second-order valence-electron chi connectivity index (χ2n) is 6.16. The molecule has 1 amide bonds. The molecule has 8 heteroatoms. The van der Waals surface area contributed by atoms with Gasteiger partial charge in [-0.1, -0.05) is 0 Å². The molecule has 8 nitrogen and oxygen atoms in total. The average Bonchev–Trinajstić information content (AvgIpc) is 3.28. The molecule has 0 radical (unpaired) electrons. The summed E-state index contributed by atoms with van der Waals surface area (Å²) in [5.74, 6) is 1.46. The third-order valence-electron chi connectivity index (χ3n) is 4.53. The Morgan fingerprint density at radius 3 is 2.92 bits per heavy atom. The predicted molar refractivity (Wildman–Crippen MR) is 93.2 cm³/mol. The zero-order valence-corrected chi connectivity index (χ0v) is 14.2. The van der Waals surface area contributed by atoms with Gasteiger partial charge in [0.1, 0.15) is 22.7 Å². The van der Waals surface area contributed by atoms with Gasteiger partial charge >= 0.3 is 0 Å². The maximum absolute atomic E-state index is 13.0. The Hall–Kier alpha value is -3.03. The molecule has 2 aromatic heterocycles. The zero-order chi connectivity index (χ0) is 17.4. The van der Waals surface area contributed by atoms with Gasteiger partial charge in [-0.15, -0.1) is 0 Å². The molecule has 128 valence electrons. The Balaban J connectivity index is 1.66. The maximum Gasteiger partial charge on any atom is 0.254 e. The summed E-state index contributed by atoms with van der Waals surface area (Å²) in [4.78, 5) is 23.8. The number of carbonyl (C=O) groups excluding carboxylic acids is 1. The van der Waals surface area contributed by atoms with E-state index < -0.39 is 0 Å². The van der Waals surface area contributed by atoms with Crippen LogP contribution in [0.1, 0.15) is 40.8 Å². The van der Waals surface area contributed by atoms with Crippen molar-refractivity contribution in [3.05, 3.63) is 41.3 Å². The third kappa shape index (κ3) is 2.79. The summed E-state index contributed by atoms with van der Waals surface area (Å²) in [5.41, 5.74) is 2.94. The first-order valence-corrected chi connectivity index (χ1v) is 8.30. The lowest BCUT2D eigenvalue weighted by molar-refractivity contribution is 0.0733. The minimum atomic E-state index is -0.0331. The first-order valence-electron chi connectivity index (χ1n) is 8.30. The summed E-state index contributed by atoms with van der Waals surface area (Å²) < 4.78 is 0. The van der Waals surface area contributed by atoms with Crippen LogP contribution < -0.4 is 5.32 Å². The molecule has 2 N–H and O–H groups in total. The first-order chi connectivity index (χ1) is 12.2. The molecule has 0 aliphatic carbocycles. The Bertz CT molecular complexity index is 936. The number of nitrogens with one attached hydrogen (secondary N) is 2. The number of hydrogen-bond donors (Lipinski definition) is 2. The molecule has 3 aromatic rings. The Kier molecular flexibility index (Phi) is 3.79. The zero-order valence-electron chi connectivity index (χ0n) is 14.2. The van der Waals surface area contributed by atoms with Crippen LogP contribution in [0.25, 0.3) is 11.0 Å². The topological polar surface area (TPSA) is 99.7 Å². The molecule has 0 unspecified atom stereocenters. The van der Waals surface area contributed by atoms with Gasteiger partial charge in [0.25, 0.3) is 5.91 Å². The van der Waals surface area contributed by atoms with Crippen LogP contribution in [-0.4, -0.2) is 49.8 Å². The molecular weight excluding hydrogens is 318 g/mol. The van der Waals surface area contributed by atoms with Crippen molar-refractivity contribution in [3.63, 3.8) is 0 Å². The van der Waals surface area contributed by atoms with E-state index in [0.717, 1.165) is 36.4 Å². The minimum absolute atomic E-state index is 0.00493. The quantitative estimate of drug-likeness (QED) is 0.759. The van der Waals surface area contributed by atoms with Crippen molar-refractivity contribution in [1.82, 2.24) is 30.3 Å². The Morgan fingerprint density at radius 1 is 1.24 bits per heavy atom. The van der Waals surface area contributed by atoms with E-state index in [4.69, 9.17) is 0 Å². The van der Waals surface area contributed by atoms with Crippen LogP contribution in [0.2, 0.25) is 0 Å². The Labute approximate surface area is 144 Å². The number of hydrogen-bond acceptors (Lipinski definition) is 6. The van der Waals surface area contributed by atoms with Crippen molar-refractivity contribution in [3.8, 4) is 0 Å². The number of benzene rings is 1.